The largest absolute Gasteiger partial charge is 0.497 e. The molecular formula is C30H26N2O3. The smallest absolute Gasteiger partial charge is 0.245 e. The number of aliphatic imine (C=N–C) groups is 1. The van der Waals surface area contributed by atoms with Crippen LogP contribution in [-0.2, 0) is 10.2 Å². The van der Waals surface area contributed by atoms with Crippen LogP contribution in [0.2, 0.25) is 0 Å². The fourth-order valence-corrected chi connectivity index (χ4v) is 4.75. The van der Waals surface area contributed by atoms with Crippen molar-refractivity contribution in [2.24, 2.45) is 4.99 Å². The number of benzene rings is 4. The van der Waals surface area contributed by atoms with Gasteiger partial charge in [0, 0.05) is 11.9 Å². The summed E-state index contributed by atoms with van der Waals surface area (Å²) < 4.78 is 10.6. The van der Waals surface area contributed by atoms with Gasteiger partial charge in [-0.2, -0.15) is 0 Å². The van der Waals surface area contributed by atoms with Crippen LogP contribution in [0.3, 0.4) is 0 Å². The number of methoxy groups -OCH3 is 2. The summed E-state index contributed by atoms with van der Waals surface area (Å²) in [6.07, 6.45) is 1.88. The van der Waals surface area contributed by atoms with E-state index >= 15 is 0 Å². The minimum Gasteiger partial charge on any atom is -0.497 e. The first kappa shape index (κ1) is 22.4. The van der Waals surface area contributed by atoms with Crippen molar-refractivity contribution in [3.05, 3.63) is 120 Å². The maximum atomic E-state index is 14.2. The lowest BCUT2D eigenvalue weighted by molar-refractivity contribution is -0.129. The molecule has 1 aliphatic rings. The van der Waals surface area contributed by atoms with E-state index in [0.29, 0.717) is 0 Å². The van der Waals surface area contributed by atoms with Gasteiger partial charge in [0.2, 0.25) is 5.91 Å². The third-order valence-electron chi connectivity index (χ3n) is 6.52. The van der Waals surface area contributed by atoms with Gasteiger partial charge < -0.3 is 14.4 Å². The average molecular weight is 463 g/mol. The van der Waals surface area contributed by atoms with Gasteiger partial charge in [-0.15, -0.1) is 0 Å². The summed E-state index contributed by atoms with van der Waals surface area (Å²) in [5, 5.41) is 0. The second-order valence-corrected chi connectivity index (χ2v) is 8.33. The molecule has 0 N–H and O–H groups in total. The molecule has 5 rings (SSSR count). The first-order valence-corrected chi connectivity index (χ1v) is 11.5. The van der Waals surface area contributed by atoms with Crippen LogP contribution in [0.25, 0.3) is 0 Å². The molecule has 5 heteroatoms. The van der Waals surface area contributed by atoms with E-state index in [9.17, 15) is 4.79 Å². The molecular weight excluding hydrogens is 436 g/mol. The average Bonchev–Trinajstić information content (AvgIpc) is 2.93. The van der Waals surface area contributed by atoms with Crippen molar-refractivity contribution in [3.63, 3.8) is 0 Å². The van der Waals surface area contributed by atoms with Gasteiger partial charge in [0.15, 0.2) is 0 Å². The highest BCUT2D eigenvalue weighted by Crippen LogP contribution is 2.49. The Morgan fingerprint density at radius 3 is 1.69 bits per heavy atom. The Bertz CT molecular complexity index is 1280. The lowest BCUT2D eigenvalue weighted by Crippen LogP contribution is -2.73. The molecule has 0 radical (unpaired) electrons. The van der Waals surface area contributed by atoms with Gasteiger partial charge in [-0.3, -0.25) is 9.79 Å². The molecule has 35 heavy (non-hydrogen) atoms. The van der Waals surface area contributed by atoms with Gasteiger partial charge >= 0.3 is 0 Å². The van der Waals surface area contributed by atoms with E-state index in [1.807, 2.05) is 120 Å². The molecule has 1 fully saturated rings. The second kappa shape index (κ2) is 9.47. The maximum absolute atomic E-state index is 14.2. The Balaban J connectivity index is 1.65. The van der Waals surface area contributed by atoms with Crippen LogP contribution in [0, 0.1) is 0 Å². The Morgan fingerprint density at radius 1 is 0.714 bits per heavy atom. The highest BCUT2D eigenvalue weighted by atomic mass is 16.5. The standard InChI is InChI=1S/C30H26N2O3/c1-34-26-17-13-24(14-18-26)31-21-28-30(22-9-5-3-6-10-22,23-11-7-4-8-12-23)29(33)32(28)25-15-19-27(35-2)20-16-25/h3-21,28H,1-2H3. The molecule has 5 nitrogen and oxygen atoms in total. The van der Waals surface area contributed by atoms with Crippen molar-refractivity contribution in [3.8, 4) is 11.5 Å². The van der Waals surface area contributed by atoms with Crippen molar-refractivity contribution in [1.29, 1.82) is 0 Å². The minimum absolute atomic E-state index is 0.00578. The summed E-state index contributed by atoms with van der Waals surface area (Å²) in [6.45, 7) is 0. The molecule has 1 unspecified atom stereocenters. The van der Waals surface area contributed by atoms with Crippen LogP contribution < -0.4 is 14.4 Å². The van der Waals surface area contributed by atoms with Crippen LogP contribution in [0.1, 0.15) is 11.1 Å². The van der Waals surface area contributed by atoms with Gasteiger partial charge in [0.1, 0.15) is 16.9 Å². The Hall–Kier alpha value is -4.38. The number of ether oxygens (including phenoxy) is 2. The normalized spacial score (nSPS) is 16.7. The number of amides is 1. The number of hydrogen-bond acceptors (Lipinski definition) is 4. The number of nitrogens with zero attached hydrogens (tertiary/aromatic N) is 2. The quantitative estimate of drug-likeness (QED) is 0.257. The topological polar surface area (TPSA) is 51.1 Å². The second-order valence-electron chi connectivity index (χ2n) is 8.33. The maximum Gasteiger partial charge on any atom is 0.245 e. The fourth-order valence-electron chi connectivity index (χ4n) is 4.75. The van der Waals surface area contributed by atoms with E-state index in [0.717, 1.165) is 34.0 Å². The molecule has 0 spiro atoms. The summed E-state index contributed by atoms with van der Waals surface area (Å²) >= 11 is 0. The lowest BCUT2D eigenvalue weighted by Gasteiger charge is -2.55. The molecule has 1 aliphatic heterocycles. The number of carbonyl (C=O) groups is 1. The molecule has 1 saturated heterocycles. The first-order chi connectivity index (χ1) is 17.2. The van der Waals surface area contributed by atoms with Crippen molar-refractivity contribution in [1.82, 2.24) is 0 Å². The SMILES string of the molecule is COc1ccc(N=CC2N(c3ccc(OC)cc3)C(=O)C2(c2ccccc2)c2ccccc2)cc1. The molecule has 1 heterocycles. The van der Waals surface area contributed by atoms with Crippen LogP contribution in [-0.4, -0.2) is 32.4 Å². The Kier molecular flexibility index (Phi) is 6.06. The van der Waals surface area contributed by atoms with E-state index < -0.39 is 5.41 Å². The summed E-state index contributed by atoms with van der Waals surface area (Å²) in [4.78, 5) is 20.8. The predicted molar refractivity (Wildman–Crippen MR) is 139 cm³/mol. The van der Waals surface area contributed by atoms with Crippen LogP contribution in [0.15, 0.2) is 114 Å². The monoisotopic (exact) mass is 462 g/mol. The van der Waals surface area contributed by atoms with Crippen LogP contribution >= 0.6 is 0 Å². The van der Waals surface area contributed by atoms with Gasteiger partial charge in [-0.05, 0) is 59.7 Å². The van der Waals surface area contributed by atoms with Gasteiger partial charge in [0.05, 0.1) is 25.9 Å². The number of anilines is 1. The molecule has 1 amide bonds. The Labute approximate surface area is 205 Å². The highest BCUT2D eigenvalue weighted by Gasteiger charge is 2.62. The minimum atomic E-state index is -0.890. The zero-order chi connectivity index (χ0) is 24.3. The van der Waals surface area contributed by atoms with E-state index in [2.05, 4.69) is 0 Å². The number of β-lactam (4-membered cyclic amide) rings is 1. The molecule has 0 saturated carbocycles. The van der Waals surface area contributed by atoms with E-state index in [4.69, 9.17) is 14.5 Å². The van der Waals surface area contributed by atoms with E-state index in [-0.39, 0.29) is 11.9 Å². The molecule has 4 aromatic carbocycles. The van der Waals surface area contributed by atoms with Crippen LogP contribution in [0.5, 0.6) is 11.5 Å². The molecule has 0 bridgehead atoms. The zero-order valence-corrected chi connectivity index (χ0v) is 19.7. The third-order valence-corrected chi connectivity index (χ3v) is 6.52. The Morgan fingerprint density at radius 2 is 1.20 bits per heavy atom. The van der Waals surface area contributed by atoms with Crippen LogP contribution in [0.4, 0.5) is 11.4 Å². The van der Waals surface area contributed by atoms with Crippen molar-refractivity contribution < 1.29 is 14.3 Å². The summed E-state index contributed by atoms with van der Waals surface area (Å²) in [5.74, 6) is 1.51. The van der Waals surface area contributed by atoms with Gasteiger partial charge in [-0.1, -0.05) is 60.7 Å². The predicted octanol–water partition coefficient (Wildman–Crippen LogP) is 5.81. The van der Waals surface area contributed by atoms with E-state index in [1.165, 1.54) is 0 Å². The molecule has 1 atom stereocenters. The van der Waals surface area contributed by atoms with E-state index in [1.54, 1.807) is 14.2 Å². The fraction of sp³-hybridized carbons (Fsp3) is 0.133. The molecule has 174 valence electrons. The first-order valence-electron chi connectivity index (χ1n) is 11.5. The van der Waals surface area contributed by atoms with Gasteiger partial charge in [0.25, 0.3) is 0 Å². The van der Waals surface area contributed by atoms with Crippen molar-refractivity contribution in [2.45, 2.75) is 11.5 Å². The van der Waals surface area contributed by atoms with Gasteiger partial charge in [-0.25, -0.2) is 0 Å². The number of rotatable bonds is 7. The summed E-state index contributed by atoms with van der Waals surface area (Å²) in [7, 11) is 3.27. The molecule has 0 aliphatic carbocycles. The molecule has 0 aromatic heterocycles. The number of hydrogen-bond donors (Lipinski definition) is 0. The number of carbonyl (C=O) groups excluding carboxylic acids is 1. The third kappa shape index (κ3) is 3.85. The van der Waals surface area contributed by atoms with Crippen molar-refractivity contribution >= 4 is 23.5 Å². The van der Waals surface area contributed by atoms with Crippen molar-refractivity contribution in [2.75, 3.05) is 19.1 Å². The lowest BCUT2D eigenvalue weighted by atomic mass is 9.61. The zero-order valence-electron chi connectivity index (χ0n) is 19.7. The summed E-state index contributed by atoms with van der Waals surface area (Å²) in [6, 6.07) is 34.7. The molecule has 4 aromatic rings. The summed E-state index contributed by atoms with van der Waals surface area (Å²) in [5.41, 5.74) is 2.57. The highest BCUT2D eigenvalue weighted by molar-refractivity contribution is 6.17.